The largest absolute Gasteiger partial charge is 0.493 e. The molecule has 0 aliphatic rings. The van der Waals surface area contributed by atoms with Gasteiger partial charge in [0.05, 0.1) is 20.8 Å². The molecule has 0 fully saturated rings. The summed E-state index contributed by atoms with van der Waals surface area (Å²) >= 11 is 0. The average Bonchev–Trinajstić information content (AvgIpc) is 2.83. The van der Waals surface area contributed by atoms with E-state index in [-0.39, 0.29) is 29.4 Å². The van der Waals surface area contributed by atoms with Gasteiger partial charge in [0.2, 0.25) is 0 Å². The van der Waals surface area contributed by atoms with E-state index in [0.717, 1.165) is 12.0 Å². The average molecular weight is 480 g/mol. The summed E-state index contributed by atoms with van der Waals surface area (Å²) in [6.07, 6.45) is 0.923. The highest BCUT2D eigenvalue weighted by atomic mass is 32.2. The molecule has 0 aromatic heterocycles. The quantitative estimate of drug-likeness (QED) is 0.197. The molecule has 0 saturated carbocycles. The van der Waals surface area contributed by atoms with Crippen molar-refractivity contribution >= 4 is 21.8 Å². The van der Waals surface area contributed by atoms with Crippen molar-refractivity contribution < 1.29 is 36.4 Å². The highest BCUT2D eigenvalue weighted by molar-refractivity contribution is 7.86. The minimum atomic E-state index is -4.28. The summed E-state index contributed by atoms with van der Waals surface area (Å²) in [7, 11) is 0.0781. The Kier molecular flexibility index (Phi) is 9.68. The third-order valence-corrected chi connectivity index (χ3v) is 6.07. The second-order valence-electron chi connectivity index (χ2n) is 7.05. The molecule has 0 aliphatic heterocycles. The van der Waals surface area contributed by atoms with E-state index in [2.05, 4.69) is 19.0 Å². The third-order valence-electron chi connectivity index (χ3n) is 4.95. The molecule has 0 bridgehead atoms. The van der Waals surface area contributed by atoms with Gasteiger partial charge in [-0.3, -0.25) is 4.28 Å². The number of ether oxygens (including phenoxy) is 4. The normalized spacial score (nSPS) is 12.7. The first kappa shape index (κ1) is 26.1. The highest BCUT2D eigenvalue weighted by Crippen LogP contribution is 2.28. The molecule has 33 heavy (non-hydrogen) atoms. The molecule has 0 spiro atoms. The van der Waals surface area contributed by atoms with Gasteiger partial charge in [-0.05, 0) is 48.2 Å². The lowest BCUT2D eigenvalue weighted by molar-refractivity contribution is -0.136. The molecular weight excluding hydrogens is 450 g/mol. The predicted octanol–water partition coefficient (Wildman–Crippen LogP) is 3.52. The lowest BCUT2D eigenvalue weighted by Crippen LogP contribution is -2.22. The van der Waals surface area contributed by atoms with Gasteiger partial charge in [-0.25, -0.2) is 4.79 Å². The van der Waals surface area contributed by atoms with Crippen LogP contribution in [-0.2, 0) is 28.7 Å². The Morgan fingerprint density at radius 2 is 1.64 bits per heavy atom. The maximum atomic E-state index is 12.7. The summed E-state index contributed by atoms with van der Waals surface area (Å²) in [5, 5.41) is 3.64. The fourth-order valence-electron chi connectivity index (χ4n) is 2.81. The van der Waals surface area contributed by atoms with Crippen molar-refractivity contribution in [3.05, 3.63) is 53.6 Å². The van der Waals surface area contributed by atoms with E-state index in [4.69, 9.17) is 23.2 Å². The zero-order valence-corrected chi connectivity index (χ0v) is 20.2. The molecule has 180 valence electrons. The molecule has 9 nitrogen and oxygen atoms in total. The molecule has 1 unspecified atom stereocenters. The third kappa shape index (κ3) is 6.93. The number of esters is 1. The van der Waals surface area contributed by atoms with Crippen LogP contribution < -0.4 is 9.47 Å². The number of oxime groups is 1. The predicted molar refractivity (Wildman–Crippen MR) is 122 cm³/mol. The van der Waals surface area contributed by atoms with Crippen LogP contribution in [0.4, 0.5) is 0 Å². The number of benzene rings is 2. The standard InChI is InChI=1S/C23H29NO8S/c1-6-16(2)17-7-10-19(11-8-17)33(26,27)32-24-22(23(25)31-14-13-28-3)18-9-12-20(29-4)21(15-18)30-5/h7-12,15-16H,6,13-14H2,1-5H3. The molecule has 0 amide bonds. The van der Waals surface area contributed by atoms with Crippen LogP contribution in [-0.4, -0.2) is 54.6 Å². The van der Waals surface area contributed by atoms with Gasteiger partial charge >= 0.3 is 16.1 Å². The van der Waals surface area contributed by atoms with Gasteiger partial charge in [-0.2, -0.15) is 8.42 Å². The second-order valence-corrected chi connectivity index (χ2v) is 8.57. The van der Waals surface area contributed by atoms with Crippen LogP contribution in [0.1, 0.15) is 37.3 Å². The van der Waals surface area contributed by atoms with E-state index < -0.39 is 16.1 Å². The van der Waals surface area contributed by atoms with Crippen molar-refractivity contribution in [2.45, 2.75) is 31.1 Å². The second kappa shape index (κ2) is 12.2. The lowest BCUT2D eigenvalue weighted by atomic mass is 9.99. The fraction of sp³-hybridized carbons (Fsp3) is 0.391. The monoisotopic (exact) mass is 479 g/mol. The summed E-state index contributed by atoms with van der Waals surface area (Å²) in [5.41, 5.74) is 0.872. The Balaban J connectivity index is 2.38. The summed E-state index contributed by atoms with van der Waals surface area (Å²) in [6.45, 7) is 4.21. The molecule has 10 heteroatoms. The van der Waals surface area contributed by atoms with E-state index in [0.29, 0.717) is 17.4 Å². The maximum Gasteiger partial charge on any atom is 0.361 e. The number of hydrogen-bond donors (Lipinski definition) is 0. The van der Waals surface area contributed by atoms with Gasteiger partial charge in [0.25, 0.3) is 0 Å². The molecular formula is C23H29NO8S. The van der Waals surface area contributed by atoms with Crippen molar-refractivity contribution in [3.63, 3.8) is 0 Å². The summed E-state index contributed by atoms with van der Waals surface area (Å²) in [5.74, 6) is 0.139. The minimum absolute atomic E-state index is 0.0501. The van der Waals surface area contributed by atoms with Gasteiger partial charge in [0.15, 0.2) is 17.2 Å². The fourth-order valence-corrected chi connectivity index (χ4v) is 3.53. The van der Waals surface area contributed by atoms with E-state index in [1.807, 2.05) is 0 Å². The number of carbonyl (C=O) groups is 1. The zero-order valence-electron chi connectivity index (χ0n) is 19.4. The highest BCUT2D eigenvalue weighted by Gasteiger charge is 2.23. The molecule has 1 atom stereocenters. The molecule has 0 aliphatic carbocycles. The zero-order chi connectivity index (χ0) is 24.4. The van der Waals surface area contributed by atoms with Crippen LogP contribution in [0, 0.1) is 0 Å². The van der Waals surface area contributed by atoms with Gasteiger partial charge in [0, 0.05) is 12.7 Å². The first-order valence-electron chi connectivity index (χ1n) is 10.3. The Morgan fingerprint density at radius 3 is 2.21 bits per heavy atom. The Morgan fingerprint density at radius 1 is 0.970 bits per heavy atom. The Hall–Kier alpha value is -3.11. The molecule has 2 aromatic rings. The maximum absolute atomic E-state index is 12.7. The number of methoxy groups -OCH3 is 3. The van der Waals surface area contributed by atoms with Crippen LogP contribution in [0.5, 0.6) is 11.5 Å². The number of hydrogen-bond acceptors (Lipinski definition) is 9. The van der Waals surface area contributed by atoms with Gasteiger partial charge in [-0.1, -0.05) is 31.1 Å². The van der Waals surface area contributed by atoms with Crippen molar-refractivity contribution in [1.82, 2.24) is 0 Å². The molecule has 0 heterocycles. The summed E-state index contributed by atoms with van der Waals surface area (Å²) < 4.78 is 50.7. The van der Waals surface area contributed by atoms with E-state index in [9.17, 15) is 13.2 Å². The molecule has 0 radical (unpaired) electrons. The van der Waals surface area contributed by atoms with Crippen molar-refractivity contribution in [2.75, 3.05) is 34.5 Å². The van der Waals surface area contributed by atoms with Crippen LogP contribution in [0.15, 0.2) is 52.5 Å². The lowest BCUT2D eigenvalue weighted by Gasteiger charge is -2.12. The smallest absolute Gasteiger partial charge is 0.361 e. The number of nitrogens with zero attached hydrogens (tertiary/aromatic N) is 1. The van der Waals surface area contributed by atoms with Crippen LogP contribution in [0.3, 0.4) is 0 Å². The van der Waals surface area contributed by atoms with E-state index >= 15 is 0 Å². The minimum Gasteiger partial charge on any atom is -0.493 e. The molecule has 0 N–H and O–H groups in total. The van der Waals surface area contributed by atoms with Gasteiger partial charge in [0.1, 0.15) is 11.5 Å². The van der Waals surface area contributed by atoms with Crippen molar-refractivity contribution in [1.29, 1.82) is 0 Å². The first-order chi connectivity index (χ1) is 15.8. The summed E-state index contributed by atoms with van der Waals surface area (Å²) in [6, 6.07) is 10.9. The van der Waals surface area contributed by atoms with E-state index in [1.165, 1.54) is 45.6 Å². The van der Waals surface area contributed by atoms with Crippen LogP contribution in [0.2, 0.25) is 0 Å². The van der Waals surface area contributed by atoms with Crippen LogP contribution in [0.25, 0.3) is 0 Å². The Bertz CT molecular complexity index is 1060. The van der Waals surface area contributed by atoms with Gasteiger partial charge < -0.3 is 18.9 Å². The molecule has 2 aromatic carbocycles. The van der Waals surface area contributed by atoms with Crippen molar-refractivity contribution in [3.8, 4) is 11.5 Å². The number of carbonyl (C=O) groups excluding carboxylic acids is 1. The molecule has 2 rings (SSSR count). The SMILES string of the molecule is CCC(C)c1ccc(S(=O)(=O)ON=C(C(=O)OCCOC)c2ccc(OC)c(OC)c2)cc1. The van der Waals surface area contributed by atoms with Crippen LogP contribution >= 0.6 is 0 Å². The van der Waals surface area contributed by atoms with Crippen molar-refractivity contribution in [2.24, 2.45) is 5.16 Å². The summed E-state index contributed by atoms with van der Waals surface area (Å²) in [4.78, 5) is 12.5. The molecule has 0 saturated heterocycles. The number of rotatable bonds is 12. The van der Waals surface area contributed by atoms with E-state index in [1.54, 1.807) is 18.2 Å². The topological polar surface area (TPSA) is 110 Å². The first-order valence-corrected chi connectivity index (χ1v) is 11.7. The van der Waals surface area contributed by atoms with Gasteiger partial charge in [-0.15, -0.1) is 0 Å². The Labute approximate surface area is 194 Å².